The van der Waals surface area contributed by atoms with E-state index >= 15 is 0 Å². The standard InChI is InChI=1S/C58H76N2O/c1-6-54(60(5)58(49-25-8-7-19-40(49)3)59-41(4)44-20-15-18-39(2)36-44)48-24-17-23-47(38-48)46-22-16-21-45(37-46)42-32-34-43(35-33-42)50-26-9-10-27-51(50)57-52-28-11-13-30-55(52)61-56-31-14-12-29-53(56)57/h6-8,16-17,21-22,24,26-27,30,32-37,39-41,47-49,52-53,56-59H,9-15,18-20,23,25,28-29,31,38H2,1-5H3/b54-6-/t39?,40?,41?,47?,48?,49?,52?,53?,56-,57?,58?/m1/s1. The molecule has 1 heterocycles. The van der Waals surface area contributed by atoms with Crippen molar-refractivity contribution in [2.45, 2.75) is 155 Å². The van der Waals surface area contributed by atoms with E-state index in [1.54, 1.807) is 11.1 Å². The first-order valence-electron chi connectivity index (χ1n) is 25.0. The molecule has 1 saturated heterocycles. The third kappa shape index (κ3) is 9.16. The third-order valence-electron chi connectivity index (χ3n) is 16.5. The topological polar surface area (TPSA) is 24.5 Å². The molecule has 1 saturated carbocycles. The Bertz CT molecular complexity index is 2060. The summed E-state index contributed by atoms with van der Waals surface area (Å²) in [6, 6.07) is 19.6. The minimum absolute atomic E-state index is 0.290. The maximum absolute atomic E-state index is 6.78. The zero-order valence-corrected chi connectivity index (χ0v) is 38.3. The predicted octanol–water partition coefficient (Wildman–Crippen LogP) is 14.9. The fourth-order valence-corrected chi connectivity index (χ4v) is 13.1. The Labute approximate surface area is 370 Å². The van der Waals surface area contributed by atoms with Gasteiger partial charge in [0.1, 0.15) is 6.10 Å². The van der Waals surface area contributed by atoms with Crippen molar-refractivity contribution in [2.75, 3.05) is 7.05 Å². The molecule has 61 heavy (non-hydrogen) atoms. The van der Waals surface area contributed by atoms with Crippen LogP contribution in [0.5, 0.6) is 0 Å². The highest BCUT2D eigenvalue weighted by atomic mass is 16.5. The van der Waals surface area contributed by atoms with Gasteiger partial charge in [-0.15, -0.1) is 0 Å². The molecule has 2 aromatic rings. The lowest BCUT2D eigenvalue weighted by molar-refractivity contribution is -0.0568. The van der Waals surface area contributed by atoms with E-state index < -0.39 is 0 Å². The smallest absolute Gasteiger partial charge is 0.102 e. The normalized spacial score (nSPS) is 32.5. The first-order valence-corrected chi connectivity index (χ1v) is 25.0. The Kier molecular flexibility index (Phi) is 13.4. The number of fused-ring (bicyclic) bond motifs is 2. The van der Waals surface area contributed by atoms with Gasteiger partial charge < -0.3 is 9.64 Å². The van der Waals surface area contributed by atoms with Crippen LogP contribution in [0, 0.1) is 41.4 Å². The number of ether oxygens (including phenoxy) is 1. The summed E-state index contributed by atoms with van der Waals surface area (Å²) in [5.74, 6) is 5.92. The molecule has 0 amide bonds. The average molecular weight is 817 g/mol. The molecule has 6 aliphatic carbocycles. The molecule has 0 spiro atoms. The van der Waals surface area contributed by atoms with E-state index in [1.165, 1.54) is 116 Å². The molecule has 1 N–H and O–H groups in total. The highest BCUT2D eigenvalue weighted by molar-refractivity contribution is 5.82. The molecule has 0 bridgehead atoms. The highest BCUT2D eigenvalue weighted by Gasteiger charge is 2.47. The second kappa shape index (κ2) is 19.3. The Morgan fingerprint density at radius 3 is 2.48 bits per heavy atom. The van der Waals surface area contributed by atoms with Crippen LogP contribution in [-0.4, -0.2) is 30.3 Å². The third-order valence-corrected chi connectivity index (χ3v) is 16.5. The van der Waals surface area contributed by atoms with E-state index in [9.17, 15) is 0 Å². The maximum atomic E-state index is 6.78. The molecule has 10 unspecified atom stereocenters. The van der Waals surface area contributed by atoms with Gasteiger partial charge in [-0.25, -0.2) is 0 Å². The van der Waals surface area contributed by atoms with Gasteiger partial charge in [-0.05, 0) is 173 Å². The van der Waals surface area contributed by atoms with E-state index in [-0.39, 0.29) is 6.17 Å². The second-order valence-electron chi connectivity index (χ2n) is 20.4. The molecule has 7 aliphatic rings. The van der Waals surface area contributed by atoms with Crippen LogP contribution in [0.25, 0.3) is 16.7 Å². The number of allylic oxidation sites excluding steroid dienone is 12. The Hall–Kier alpha value is -3.82. The van der Waals surface area contributed by atoms with Crippen molar-refractivity contribution >= 4 is 5.57 Å². The van der Waals surface area contributed by atoms with E-state index in [1.807, 2.05) is 0 Å². The summed E-state index contributed by atoms with van der Waals surface area (Å²) < 4.78 is 6.78. The summed E-state index contributed by atoms with van der Waals surface area (Å²) in [5.41, 5.74) is 11.7. The van der Waals surface area contributed by atoms with Crippen LogP contribution < -0.4 is 5.32 Å². The summed E-state index contributed by atoms with van der Waals surface area (Å²) in [7, 11) is 2.38. The number of benzene rings is 2. The van der Waals surface area contributed by atoms with Gasteiger partial charge in [-0.1, -0.05) is 123 Å². The van der Waals surface area contributed by atoms with Gasteiger partial charge in [-0.2, -0.15) is 0 Å². The summed E-state index contributed by atoms with van der Waals surface area (Å²) in [6.45, 7) is 9.55. The van der Waals surface area contributed by atoms with Crippen molar-refractivity contribution in [3.8, 4) is 11.1 Å². The fourth-order valence-electron chi connectivity index (χ4n) is 13.1. The molecule has 2 fully saturated rings. The van der Waals surface area contributed by atoms with Crippen LogP contribution in [-0.2, 0) is 4.74 Å². The van der Waals surface area contributed by atoms with Crippen LogP contribution in [0.3, 0.4) is 0 Å². The quantitative estimate of drug-likeness (QED) is 0.181. The SMILES string of the molecule is C/C=C(/C1C=CCC(c2cccc(-c3ccc(C4=CCCC=C4C4C5CCCC=C5O[C@@H]5CCCCC45)cc3)c2)C1)N(C)C(NC(C)C1=CC(C)CCC1)C1CC=CCC1C. The minimum Gasteiger partial charge on any atom is -0.494 e. The minimum atomic E-state index is 0.290. The van der Waals surface area contributed by atoms with E-state index in [2.05, 4.69) is 148 Å². The predicted molar refractivity (Wildman–Crippen MR) is 258 cm³/mol. The lowest BCUT2D eigenvalue weighted by Gasteiger charge is -2.49. The summed E-state index contributed by atoms with van der Waals surface area (Å²) in [4.78, 5) is 2.65. The number of rotatable bonds is 11. The summed E-state index contributed by atoms with van der Waals surface area (Å²) in [6.07, 6.45) is 42.9. The molecule has 9 rings (SSSR count). The molecule has 3 heteroatoms. The highest BCUT2D eigenvalue weighted by Crippen LogP contribution is 2.53. The van der Waals surface area contributed by atoms with Gasteiger partial charge >= 0.3 is 0 Å². The van der Waals surface area contributed by atoms with Gasteiger partial charge in [0.15, 0.2) is 0 Å². The van der Waals surface area contributed by atoms with Gasteiger partial charge in [0, 0.05) is 42.5 Å². The molecule has 0 radical (unpaired) electrons. The molecule has 3 nitrogen and oxygen atoms in total. The number of hydrogen-bond acceptors (Lipinski definition) is 3. The van der Waals surface area contributed by atoms with E-state index in [4.69, 9.17) is 4.74 Å². The number of hydrogen-bond donors (Lipinski definition) is 1. The van der Waals surface area contributed by atoms with Crippen LogP contribution in [0.1, 0.15) is 147 Å². The number of nitrogens with one attached hydrogen (secondary N) is 1. The van der Waals surface area contributed by atoms with E-state index in [0.717, 1.165) is 25.7 Å². The van der Waals surface area contributed by atoms with Crippen LogP contribution >= 0.6 is 0 Å². The first-order chi connectivity index (χ1) is 29.9. The molecule has 1 aliphatic heterocycles. The Balaban J connectivity index is 0.912. The van der Waals surface area contributed by atoms with Gasteiger partial charge in [0.25, 0.3) is 0 Å². The lowest BCUT2D eigenvalue weighted by atomic mass is 9.62. The van der Waals surface area contributed by atoms with Gasteiger partial charge in [0.05, 0.1) is 11.9 Å². The molecule has 324 valence electrons. The molecule has 0 aromatic heterocycles. The van der Waals surface area contributed by atoms with Crippen molar-refractivity contribution in [1.82, 2.24) is 10.2 Å². The Morgan fingerprint density at radius 2 is 1.64 bits per heavy atom. The summed E-state index contributed by atoms with van der Waals surface area (Å²) >= 11 is 0. The van der Waals surface area contributed by atoms with Crippen molar-refractivity contribution in [2.24, 2.45) is 41.4 Å². The zero-order chi connectivity index (χ0) is 41.9. The zero-order valence-electron chi connectivity index (χ0n) is 38.3. The molecular formula is C58H76N2O. The Morgan fingerprint density at radius 1 is 0.820 bits per heavy atom. The maximum Gasteiger partial charge on any atom is 0.102 e. The van der Waals surface area contributed by atoms with Gasteiger partial charge in [0.2, 0.25) is 0 Å². The van der Waals surface area contributed by atoms with Crippen molar-refractivity contribution in [3.05, 3.63) is 137 Å². The van der Waals surface area contributed by atoms with E-state index in [0.29, 0.717) is 59.5 Å². The van der Waals surface area contributed by atoms with Crippen LogP contribution in [0.15, 0.2) is 126 Å². The average Bonchev–Trinajstić information content (AvgIpc) is 3.30. The van der Waals surface area contributed by atoms with Crippen molar-refractivity contribution in [3.63, 3.8) is 0 Å². The first kappa shape index (κ1) is 42.5. The molecular weight excluding hydrogens is 741 g/mol. The fraction of sp³-hybridized carbons (Fsp3) is 0.552. The van der Waals surface area contributed by atoms with Crippen LogP contribution in [0.2, 0.25) is 0 Å². The largest absolute Gasteiger partial charge is 0.494 e. The second-order valence-corrected chi connectivity index (χ2v) is 20.4. The molecule has 2 aromatic carbocycles. The van der Waals surface area contributed by atoms with Gasteiger partial charge in [-0.3, -0.25) is 5.32 Å². The number of nitrogens with zero attached hydrogens (tertiary/aromatic N) is 1. The summed E-state index contributed by atoms with van der Waals surface area (Å²) in [5, 5.41) is 4.24. The molecule has 11 atom stereocenters. The monoisotopic (exact) mass is 817 g/mol. The van der Waals surface area contributed by atoms with Crippen LogP contribution in [0.4, 0.5) is 0 Å². The van der Waals surface area contributed by atoms with Crippen molar-refractivity contribution < 1.29 is 4.74 Å². The lowest BCUT2D eigenvalue weighted by Crippen LogP contribution is -2.54. The van der Waals surface area contributed by atoms with Crippen molar-refractivity contribution in [1.29, 1.82) is 0 Å².